The highest BCUT2D eigenvalue weighted by Crippen LogP contribution is 2.64. The first-order valence-electron chi connectivity index (χ1n) is 17.4. The number of benzene rings is 6. The van der Waals surface area contributed by atoms with E-state index in [0.29, 0.717) is 28.7 Å². The quantitative estimate of drug-likeness (QED) is 0.0968. The molecule has 9 heteroatoms. The zero-order valence-electron chi connectivity index (χ0n) is 30.5. The molecule has 0 spiro atoms. The van der Waals surface area contributed by atoms with Crippen molar-refractivity contribution in [2.24, 2.45) is 0 Å². The lowest BCUT2D eigenvalue weighted by atomic mass is 9.77. The van der Waals surface area contributed by atoms with Crippen LogP contribution in [-0.2, 0) is 19.7 Å². The zero-order valence-corrected chi connectivity index (χ0v) is 32.3. The number of ether oxygens (including phenoxy) is 1. The standard InChI is InChI=1S/C44H44O7P2/c1-34(47-38-18-10-6-11-19-38)52(45,48-39-20-12-7-13-21-39)49-42-32-30-36(31-33-42)43(2,3)35-26-28-37(29-27-35)44(4,5)53(46,50-40-22-14-8-15-23-40)51-41-24-16-9-17-25-41/h6-34H,1-5H3. The van der Waals surface area contributed by atoms with Gasteiger partial charge in [0.1, 0.15) is 33.9 Å². The Morgan fingerprint density at radius 3 is 1.15 bits per heavy atom. The zero-order chi connectivity index (χ0) is 37.5. The summed E-state index contributed by atoms with van der Waals surface area (Å²) in [6.07, 6.45) is 0. The lowest BCUT2D eigenvalue weighted by Crippen LogP contribution is -2.25. The molecular weight excluding hydrogens is 702 g/mol. The summed E-state index contributed by atoms with van der Waals surface area (Å²) in [6.45, 7) is 9.70. The normalized spacial score (nSPS) is 13.6. The molecule has 6 aromatic carbocycles. The molecule has 0 radical (unpaired) electrons. The molecule has 0 bridgehead atoms. The third kappa shape index (κ3) is 8.71. The second-order valence-corrected chi connectivity index (χ2v) is 18.3. The first kappa shape index (κ1) is 37.5. The maximum atomic E-state index is 14.8. The Hall–Kier alpha value is -5.22. The van der Waals surface area contributed by atoms with Gasteiger partial charge >= 0.3 is 15.2 Å². The third-order valence-corrected chi connectivity index (χ3v) is 13.7. The lowest BCUT2D eigenvalue weighted by Gasteiger charge is -2.34. The molecule has 53 heavy (non-hydrogen) atoms. The molecule has 0 heterocycles. The minimum Gasteiger partial charge on any atom is -0.476 e. The second-order valence-electron chi connectivity index (χ2n) is 13.7. The predicted octanol–water partition coefficient (Wildman–Crippen LogP) is 12.7. The summed E-state index contributed by atoms with van der Waals surface area (Å²) in [5.41, 5.74) is 2.42. The first-order valence-corrected chi connectivity index (χ1v) is 20.6. The molecule has 6 aromatic rings. The lowest BCUT2D eigenvalue weighted by molar-refractivity contribution is 0.245. The van der Waals surface area contributed by atoms with Gasteiger partial charge < -0.3 is 22.8 Å². The monoisotopic (exact) mass is 746 g/mol. The molecule has 0 saturated heterocycles. The van der Waals surface area contributed by atoms with Crippen LogP contribution < -0.4 is 22.8 Å². The SMILES string of the molecule is CC(Oc1ccccc1)P(=O)(Oc1ccccc1)Oc1ccc(C(C)(C)c2ccc(C(C)(C)P(=O)(Oc3ccccc3)Oc3ccccc3)cc2)cc1. The van der Waals surface area contributed by atoms with E-state index in [9.17, 15) is 9.13 Å². The Balaban J connectivity index is 1.23. The molecule has 7 nitrogen and oxygen atoms in total. The summed E-state index contributed by atoms with van der Waals surface area (Å²) in [5.74, 6) is 1.38. The molecule has 2 unspecified atom stereocenters. The van der Waals surface area contributed by atoms with Crippen molar-refractivity contribution in [1.82, 2.24) is 0 Å². The molecular formula is C44H44O7P2. The second kappa shape index (κ2) is 15.8. The van der Waals surface area contributed by atoms with Crippen LogP contribution in [0.15, 0.2) is 170 Å². The minimum atomic E-state index is -3.88. The van der Waals surface area contributed by atoms with E-state index in [0.717, 1.165) is 16.7 Å². The van der Waals surface area contributed by atoms with Crippen LogP contribution in [0, 0.1) is 0 Å². The van der Waals surface area contributed by atoms with Crippen LogP contribution in [0.3, 0.4) is 0 Å². The molecule has 0 saturated carbocycles. The molecule has 272 valence electrons. The predicted molar refractivity (Wildman–Crippen MR) is 212 cm³/mol. The van der Waals surface area contributed by atoms with Crippen molar-refractivity contribution in [3.05, 3.63) is 187 Å². The van der Waals surface area contributed by atoms with Gasteiger partial charge in [-0.25, -0.2) is 9.13 Å². The number of hydrogen-bond donors (Lipinski definition) is 0. The average Bonchev–Trinajstić information content (AvgIpc) is 3.16. The van der Waals surface area contributed by atoms with Crippen molar-refractivity contribution >= 4 is 15.2 Å². The highest BCUT2D eigenvalue weighted by Gasteiger charge is 2.48. The molecule has 0 N–H and O–H groups in total. The summed E-state index contributed by atoms with van der Waals surface area (Å²) >= 11 is 0. The van der Waals surface area contributed by atoms with Crippen LogP contribution in [0.4, 0.5) is 0 Å². The van der Waals surface area contributed by atoms with E-state index < -0.39 is 31.6 Å². The third-order valence-electron chi connectivity index (χ3n) is 9.21. The Morgan fingerprint density at radius 1 is 0.415 bits per heavy atom. The first-order chi connectivity index (χ1) is 25.4. The van der Waals surface area contributed by atoms with E-state index in [4.69, 9.17) is 22.8 Å². The highest BCUT2D eigenvalue weighted by molar-refractivity contribution is 7.56. The van der Waals surface area contributed by atoms with Gasteiger partial charge in [-0.3, -0.25) is 0 Å². The Labute approximate surface area is 312 Å². The molecule has 0 aliphatic rings. The molecule has 6 rings (SSSR count). The Kier molecular flexibility index (Phi) is 11.2. The largest absolute Gasteiger partial charge is 0.476 e. The average molecular weight is 747 g/mol. The van der Waals surface area contributed by atoms with Crippen LogP contribution in [0.25, 0.3) is 0 Å². The number of rotatable bonds is 15. The number of hydrogen-bond acceptors (Lipinski definition) is 7. The fourth-order valence-electron chi connectivity index (χ4n) is 5.74. The van der Waals surface area contributed by atoms with Crippen LogP contribution >= 0.6 is 15.2 Å². The van der Waals surface area contributed by atoms with Gasteiger partial charge in [0.25, 0.3) is 0 Å². The fraction of sp³-hybridized carbons (Fsp3) is 0.182. The molecule has 2 atom stereocenters. The van der Waals surface area contributed by atoms with Crippen molar-refractivity contribution in [3.63, 3.8) is 0 Å². The number of para-hydroxylation sites is 4. The molecule has 0 aromatic heterocycles. The van der Waals surface area contributed by atoms with E-state index in [1.54, 1.807) is 67.6 Å². The van der Waals surface area contributed by atoms with Gasteiger partial charge in [-0.15, -0.1) is 0 Å². The molecule has 0 aliphatic heterocycles. The maximum Gasteiger partial charge on any atom is 0.470 e. The van der Waals surface area contributed by atoms with Gasteiger partial charge in [0, 0.05) is 5.41 Å². The van der Waals surface area contributed by atoms with Crippen LogP contribution in [0.5, 0.6) is 28.7 Å². The van der Waals surface area contributed by atoms with E-state index >= 15 is 0 Å². The topological polar surface area (TPSA) is 80.3 Å². The molecule has 0 aliphatic carbocycles. The van der Waals surface area contributed by atoms with Crippen molar-refractivity contribution < 1.29 is 32.0 Å². The van der Waals surface area contributed by atoms with E-state index in [1.807, 2.05) is 123 Å². The van der Waals surface area contributed by atoms with E-state index in [2.05, 4.69) is 13.8 Å². The van der Waals surface area contributed by atoms with Crippen LogP contribution in [-0.4, -0.2) is 5.85 Å². The van der Waals surface area contributed by atoms with Crippen molar-refractivity contribution in [2.45, 2.75) is 51.0 Å². The fourth-order valence-corrected chi connectivity index (χ4v) is 8.92. The van der Waals surface area contributed by atoms with Gasteiger partial charge in [-0.05, 0) is 98.1 Å². The molecule has 0 fully saturated rings. The van der Waals surface area contributed by atoms with Gasteiger partial charge in [0.2, 0.25) is 5.85 Å². The van der Waals surface area contributed by atoms with E-state index in [1.165, 1.54) is 0 Å². The smallest absolute Gasteiger partial charge is 0.470 e. The highest BCUT2D eigenvalue weighted by atomic mass is 31.2. The summed E-state index contributed by atoms with van der Waals surface area (Å²) in [7, 11) is -7.71. The summed E-state index contributed by atoms with van der Waals surface area (Å²) in [4.78, 5) is 0. The van der Waals surface area contributed by atoms with Gasteiger partial charge in [0.15, 0.2) is 0 Å². The Bertz CT molecular complexity index is 2110. The van der Waals surface area contributed by atoms with E-state index in [-0.39, 0.29) is 0 Å². The van der Waals surface area contributed by atoms with Crippen LogP contribution in [0.2, 0.25) is 0 Å². The summed E-state index contributed by atoms with van der Waals surface area (Å²) in [5, 5.41) is -1.02. The summed E-state index contributed by atoms with van der Waals surface area (Å²) in [6, 6.07) is 51.8. The van der Waals surface area contributed by atoms with Crippen molar-refractivity contribution in [1.29, 1.82) is 0 Å². The van der Waals surface area contributed by atoms with Gasteiger partial charge in [-0.1, -0.05) is 123 Å². The van der Waals surface area contributed by atoms with Crippen LogP contribution in [0.1, 0.15) is 51.3 Å². The minimum absolute atomic E-state index is 0.386. The van der Waals surface area contributed by atoms with Gasteiger partial charge in [-0.2, -0.15) is 0 Å². The maximum absolute atomic E-state index is 14.8. The summed E-state index contributed by atoms with van der Waals surface area (Å²) < 4.78 is 59.7. The van der Waals surface area contributed by atoms with Crippen molar-refractivity contribution in [2.75, 3.05) is 0 Å². The van der Waals surface area contributed by atoms with Crippen molar-refractivity contribution in [3.8, 4) is 28.7 Å². The Morgan fingerprint density at radius 2 is 0.736 bits per heavy atom. The van der Waals surface area contributed by atoms with Gasteiger partial charge in [0.05, 0.1) is 0 Å². The molecule has 0 amide bonds.